The van der Waals surface area contributed by atoms with Crippen molar-refractivity contribution in [2.75, 3.05) is 16.4 Å². The maximum Gasteiger partial charge on any atom is 0.280 e. The fourth-order valence-corrected chi connectivity index (χ4v) is 2.86. The van der Waals surface area contributed by atoms with Crippen LogP contribution in [-0.2, 0) is 17.8 Å². The summed E-state index contributed by atoms with van der Waals surface area (Å²) in [5.41, 5.74) is 8.29. The number of rotatable bonds is 6. The number of hydrogen-bond acceptors (Lipinski definition) is 5. The van der Waals surface area contributed by atoms with Gasteiger partial charge in [0.1, 0.15) is 6.54 Å². The van der Waals surface area contributed by atoms with E-state index in [1.54, 1.807) is 24.3 Å². The third-order valence-electron chi connectivity index (χ3n) is 4.06. The van der Waals surface area contributed by atoms with Crippen LogP contribution < -0.4 is 16.4 Å². The Morgan fingerprint density at radius 2 is 1.82 bits per heavy atom. The molecule has 0 atom stereocenters. The average Bonchev–Trinajstić information content (AvgIpc) is 3.04. The first-order valence-corrected chi connectivity index (χ1v) is 9.41. The Balaban J connectivity index is 1.67. The second-order valence-corrected chi connectivity index (χ2v) is 6.92. The van der Waals surface area contributed by atoms with Gasteiger partial charge in [-0.1, -0.05) is 46.3 Å². The van der Waals surface area contributed by atoms with Gasteiger partial charge in [-0.3, -0.25) is 9.59 Å². The highest BCUT2D eigenvalue weighted by atomic mass is 79.9. The summed E-state index contributed by atoms with van der Waals surface area (Å²) in [7, 11) is 0. The Bertz CT molecular complexity index is 1000. The van der Waals surface area contributed by atoms with Gasteiger partial charge < -0.3 is 16.4 Å². The second-order valence-electron chi connectivity index (χ2n) is 6.00. The summed E-state index contributed by atoms with van der Waals surface area (Å²) in [6, 6.07) is 14.6. The number of hydrogen-bond donors (Lipinski definition) is 3. The maximum atomic E-state index is 12.4. The van der Waals surface area contributed by atoms with Crippen molar-refractivity contribution in [2.24, 2.45) is 0 Å². The number of nitrogens with zero attached hydrogens (tertiary/aromatic N) is 3. The summed E-state index contributed by atoms with van der Waals surface area (Å²) < 4.78 is 2.09. The first-order chi connectivity index (χ1) is 13.5. The van der Waals surface area contributed by atoms with Gasteiger partial charge >= 0.3 is 0 Å². The molecule has 0 fully saturated rings. The van der Waals surface area contributed by atoms with Crippen molar-refractivity contribution >= 4 is 44.9 Å². The average molecular weight is 443 g/mol. The highest BCUT2D eigenvalue weighted by Crippen LogP contribution is 2.17. The fraction of sp³-hybridized carbons (Fsp3) is 0.158. The largest absolute Gasteiger partial charge is 0.382 e. The topological polar surface area (TPSA) is 115 Å². The van der Waals surface area contributed by atoms with Crippen molar-refractivity contribution < 1.29 is 9.59 Å². The van der Waals surface area contributed by atoms with Crippen LogP contribution in [-0.4, -0.2) is 26.8 Å². The van der Waals surface area contributed by atoms with Crippen molar-refractivity contribution in [3.05, 3.63) is 64.3 Å². The number of nitrogen functional groups attached to an aromatic ring is 1. The number of nitrogens with two attached hydrogens (primary N) is 1. The first kappa shape index (κ1) is 19.6. The van der Waals surface area contributed by atoms with Gasteiger partial charge in [0.2, 0.25) is 5.91 Å². The van der Waals surface area contributed by atoms with E-state index in [1.165, 1.54) is 4.68 Å². The van der Waals surface area contributed by atoms with Crippen LogP contribution in [0, 0.1) is 0 Å². The third-order valence-corrected chi connectivity index (χ3v) is 4.58. The zero-order valence-corrected chi connectivity index (χ0v) is 16.7. The number of aryl methyl sites for hydroxylation is 1. The monoisotopic (exact) mass is 442 g/mol. The third kappa shape index (κ3) is 4.55. The molecule has 4 N–H and O–H groups in total. The Morgan fingerprint density at radius 1 is 1.11 bits per heavy atom. The van der Waals surface area contributed by atoms with Crippen LogP contribution in [0.1, 0.15) is 23.0 Å². The normalized spacial score (nSPS) is 10.5. The minimum atomic E-state index is -0.497. The lowest BCUT2D eigenvalue weighted by molar-refractivity contribution is -0.116. The predicted octanol–water partition coefficient (Wildman–Crippen LogP) is 3.08. The van der Waals surface area contributed by atoms with Crippen LogP contribution in [0.2, 0.25) is 0 Å². The lowest BCUT2D eigenvalue weighted by atomic mass is 10.1. The molecule has 9 heteroatoms. The van der Waals surface area contributed by atoms with Gasteiger partial charge in [-0.05, 0) is 42.3 Å². The number of aromatic nitrogens is 3. The standard InChI is InChI=1S/C19H19BrN6O2/c1-2-12-5-3-4-6-15(12)23-16(27)11-26-18(21)17(24-25-26)19(28)22-14-9-7-13(20)8-10-14/h3-10H,2,11,21H2,1H3,(H,22,28)(H,23,27). The van der Waals surface area contributed by atoms with Gasteiger partial charge in [-0.25, -0.2) is 4.68 Å². The Morgan fingerprint density at radius 3 is 2.54 bits per heavy atom. The number of anilines is 3. The highest BCUT2D eigenvalue weighted by molar-refractivity contribution is 9.10. The molecule has 1 aromatic heterocycles. The molecule has 0 radical (unpaired) electrons. The Kier molecular flexibility index (Phi) is 6.05. The summed E-state index contributed by atoms with van der Waals surface area (Å²) >= 11 is 3.33. The number of nitrogens with one attached hydrogen (secondary N) is 2. The smallest absolute Gasteiger partial charge is 0.280 e. The summed E-state index contributed by atoms with van der Waals surface area (Å²) in [5.74, 6) is -0.784. The van der Waals surface area contributed by atoms with Crippen LogP contribution in [0.3, 0.4) is 0 Å². The first-order valence-electron chi connectivity index (χ1n) is 8.61. The summed E-state index contributed by atoms with van der Waals surface area (Å²) in [4.78, 5) is 24.7. The van der Waals surface area contributed by atoms with Crippen LogP contribution in [0.5, 0.6) is 0 Å². The summed E-state index contributed by atoms with van der Waals surface area (Å²) in [6.07, 6.45) is 0.794. The van der Waals surface area contributed by atoms with E-state index >= 15 is 0 Å². The molecule has 28 heavy (non-hydrogen) atoms. The summed E-state index contributed by atoms with van der Waals surface area (Å²) in [5, 5.41) is 13.2. The van der Waals surface area contributed by atoms with Gasteiger partial charge in [-0.15, -0.1) is 5.10 Å². The van der Waals surface area contributed by atoms with Gasteiger partial charge in [0.05, 0.1) is 0 Å². The van der Waals surface area contributed by atoms with Crippen molar-refractivity contribution in [1.29, 1.82) is 0 Å². The Hall–Kier alpha value is -3.20. The van der Waals surface area contributed by atoms with Crippen molar-refractivity contribution in [2.45, 2.75) is 19.9 Å². The molecule has 0 aliphatic heterocycles. The molecule has 3 rings (SSSR count). The molecule has 0 aliphatic rings. The van der Waals surface area contributed by atoms with Crippen molar-refractivity contribution in [3.63, 3.8) is 0 Å². The summed E-state index contributed by atoms with van der Waals surface area (Å²) in [6.45, 7) is 1.86. The fourth-order valence-electron chi connectivity index (χ4n) is 2.60. The molecule has 144 valence electrons. The lowest BCUT2D eigenvalue weighted by Gasteiger charge is -2.10. The number of carbonyl (C=O) groups is 2. The second kappa shape index (κ2) is 8.66. The Labute approximate surface area is 170 Å². The molecule has 2 aromatic carbocycles. The lowest BCUT2D eigenvalue weighted by Crippen LogP contribution is -2.22. The van der Waals surface area contributed by atoms with E-state index in [1.807, 2.05) is 31.2 Å². The number of halogens is 1. The van der Waals surface area contributed by atoms with Crippen molar-refractivity contribution in [1.82, 2.24) is 15.0 Å². The number of amides is 2. The van der Waals surface area contributed by atoms with E-state index in [4.69, 9.17) is 5.73 Å². The molecule has 3 aromatic rings. The van der Waals surface area contributed by atoms with Gasteiger partial charge in [0, 0.05) is 15.8 Å². The zero-order valence-electron chi connectivity index (χ0n) is 15.1. The number of para-hydroxylation sites is 1. The predicted molar refractivity (Wildman–Crippen MR) is 111 cm³/mol. The molecular formula is C19H19BrN6O2. The number of carbonyl (C=O) groups excluding carboxylic acids is 2. The van der Waals surface area contributed by atoms with E-state index in [9.17, 15) is 9.59 Å². The van der Waals surface area contributed by atoms with Crippen LogP contribution in [0.4, 0.5) is 17.2 Å². The van der Waals surface area contributed by atoms with E-state index in [-0.39, 0.29) is 24.0 Å². The quantitative estimate of drug-likeness (QED) is 0.542. The van der Waals surface area contributed by atoms with Crippen LogP contribution in [0.25, 0.3) is 0 Å². The molecule has 0 saturated heterocycles. The van der Waals surface area contributed by atoms with Crippen LogP contribution >= 0.6 is 15.9 Å². The van der Waals surface area contributed by atoms with E-state index in [2.05, 4.69) is 36.9 Å². The van der Waals surface area contributed by atoms with Gasteiger partial charge in [0.15, 0.2) is 11.5 Å². The molecule has 0 bridgehead atoms. The van der Waals surface area contributed by atoms with Crippen LogP contribution in [0.15, 0.2) is 53.0 Å². The molecule has 8 nitrogen and oxygen atoms in total. The number of benzene rings is 2. The molecule has 0 spiro atoms. The SMILES string of the molecule is CCc1ccccc1NC(=O)Cn1nnc(C(=O)Nc2ccc(Br)cc2)c1N. The maximum absolute atomic E-state index is 12.4. The van der Waals surface area contributed by atoms with E-state index in [0.717, 1.165) is 22.1 Å². The molecule has 1 heterocycles. The minimum Gasteiger partial charge on any atom is -0.382 e. The van der Waals surface area contributed by atoms with Gasteiger partial charge in [-0.2, -0.15) is 0 Å². The molecule has 0 saturated carbocycles. The zero-order chi connectivity index (χ0) is 20.1. The van der Waals surface area contributed by atoms with E-state index < -0.39 is 5.91 Å². The minimum absolute atomic E-state index is 0.0218. The van der Waals surface area contributed by atoms with Gasteiger partial charge in [0.25, 0.3) is 5.91 Å². The highest BCUT2D eigenvalue weighted by Gasteiger charge is 2.19. The molecule has 0 aliphatic carbocycles. The van der Waals surface area contributed by atoms with Crippen molar-refractivity contribution in [3.8, 4) is 0 Å². The molecule has 0 unspecified atom stereocenters. The molecular weight excluding hydrogens is 424 g/mol. The van der Waals surface area contributed by atoms with E-state index in [0.29, 0.717) is 5.69 Å². The molecule has 2 amide bonds.